The zero-order valence-corrected chi connectivity index (χ0v) is 13.4. The van der Waals surface area contributed by atoms with E-state index in [-0.39, 0.29) is 16.9 Å². The first-order valence-electron chi connectivity index (χ1n) is 6.93. The quantitative estimate of drug-likeness (QED) is 0.762. The molecular weight excluding hydrogens is 332 g/mol. The van der Waals surface area contributed by atoms with Crippen LogP contribution in [0.4, 0.5) is 5.69 Å². The van der Waals surface area contributed by atoms with Crippen molar-refractivity contribution in [3.05, 3.63) is 58.6 Å². The SMILES string of the molecule is COc1ccc(Cl)cc1N=c1oc2cc(O)ccc2cc1C(N)=O. The molecule has 0 atom stereocenters. The van der Waals surface area contributed by atoms with Crippen LogP contribution >= 0.6 is 11.6 Å². The summed E-state index contributed by atoms with van der Waals surface area (Å²) in [6, 6.07) is 11.0. The van der Waals surface area contributed by atoms with Gasteiger partial charge in [-0.05, 0) is 36.4 Å². The topological polar surface area (TPSA) is 98.1 Å². The number of carbonyl (C=O) groups excluding carboxylic acids is 1. The molecule has 0 saturated heterocycles. The number of phenolic OH excluding ortho intramolecular Hbond substituents is 1. The number of ether oxygens (including phenoxy) is 1. The van der Waals surface area contributed by atoms with Gasteiger partial charge in [0.2, 0.25) is 5.55 Å². The highest BCUT2D eigenvalue weighted by Crippen LogP contribution is 2.30. The summed E-state index contributed by atoms with van der Waals surface area (Å²) in [7, 11) is 1.49. The summed E-state index contributed by atoms with van der Waals surface area (Å²) in [4.78, 5) is 16.1. The number of hydrogen-bond acceptors (Lipinski definition) is 5. The van der Waals surface area contributed by atoms with Crippen molar-refractivity contribution in [2.45, 2.75) is 0 Å². The van der Waals surface area contributed by atoms with Crippen molar-refractivity contribution in [3.63, 3.8) is 0 Å². The van der Waals surface area contributed by atoms with Gasteiger partial charge in [-0.15, -0.1) is 0 Å². The first kappa shape index (κ1) is 15.9. The summed E-state index contributed by atoms with van der Waals surface area (Å²) in [6.45, 7) is 0. The van der Waals surface area contributed by atoms with Crippen LogP contribution < -0.4 is 16.0 Å². The van der Waals surface area contributed by atoms with Crippen molar-refractivity contribution in [2.75, 3.05) is 7.11 Å². The number of rotatable bonds is 3. The van der Waals surface area contributed by atoms with Gasteiger partial charge in [0, 0.05) is 16.5 Å². The number of nitrogens with zero attached hydrogens (tertiary/aromatic N) is 1. The van der Waals surface area contributed by atoms with Gasteiger partial charge in [0.05, 0.1) is 7.11 Å². The Labute approximate surface area is 141 Å². The molecule has 0 bridgehead atoms. The summed E-state index contributed by atoms with van der Waals surface area (Å²) in [5.41, 5.74) is 6.28. The second-order valence-electron chi connectivity index (χ2n) is 4.98. The molecule has 0 spiro atoms. The predicted octanol–water partition coefficient (Wildman–Crippen LogP) is 3.13. The largest absolute Gasteiger partial charge is 0.508 e. The molecule has 7 heteroatoms. The Kier molecular flexibility index (Phi) is 4.14. The van der Waals surface area contributed by atoms with Crippen LogP contribution in [0.2, 0.25) is 5.02 Å². The van der Waals surface area contributed by atoms with Gasteiger partial charge in [0.25, 0.3) is 5.91 Å². The third-order valence-corrected chi connectivity index (χ3v) is 3.60. The average molecular weight is 345 g/mol. The second-order valence-corrected chi connectivity index (χ2v) is 5.42. The number of hydrogen-bond donors (Lipinski definition) is 2. The van der Waals surface area contributed by atoms with E-state index >= 15 is 0 Å². The maximum atomic E-state index is 11.7. The van der Waals surface area contributed by atoms with E-state index in [9.17, 15) is 9.90 Å². The molecule has 0 unspecified atom stereocenters. The standard InChI is InChI=1S/C17H13ClN2O4/c1-23-14-5-3-10(18)7-13(14)20-17-12(16(19)22)6-9-2-4-11(21)8-15(9)24-17/h2-8,21H,1H3,(H2,19,22). The molecule has 1 heterocycles. The first-order valence-corrected chi connectivity index (χ1v) is 7.30. The van der Waals surface area contributed by atoms with E-state index in [0.717, 1.165) is 0 Å². The summed E-state index contributed by atoms with van der Waals surface area (Å²) >= 11 is 5.99. The van der Waals surface area contributed by atoms with Crippen molar-refractivity contribution in [2.24, 2.45) is 10.7 Å². The van der Waals surface area contributed by atoms with Gasteiger partial charge in [0.15, 0.2) is 0 Å². The molecule has 3 N–H and O–H groups in total. The lowest BCUT2D eigenvalue weighted by molar-refractivity contribution is 0.0996. The number of aromatic hydroxyl groups is 1. The minimum Gasteiger partial charge on any atom is -0.508 e. The van der Waals surface area contributed by atoms with Crippen LogP contribution in [0.5, 0.6) is 11.5 Å². The van der Waals surface area contributed by atoms with E-state index in [0.29, 0.717) is 27.4 Å². The van der Waals surface area contributed by atoms with Crippen LogP contribution in [0.25, 0.3) is 11.0 Å². The minimum atomic E-state index is -0.687. The van der Waals surface area contributed by atoms with Gasteiger partial charge in [-0.25, -0.2) is 4.99 Å². The number of carbonyl (C=O) groups is 1. The molecule has 0 aliphatic carbocycles. The molecule has 0 aliphatic rings. The van der Waals surface area contributed by atoms with E-state index in [1.807, 2.05) is 0 Å². The molecule has 2 aromatic carbocycles. The average Bonchev–Trinajstić information content (AvgIpc) is 2.54. The van der Waals surface area contributed by atoms with Crippen molar-refractivity contribution in [3.8, 4) is 11.5 Å². The van der Waals surface area contributed by atoms with E-state index in [1.165, 1.54) is 19.2 Å². The van der Waals surface area contributed by atoms with E-state index < -0.39 is 5.91 Å². The molecule has 0 radical (unpaired) electrons. The Morgan fingerprint density at radius 3 is 2.75 bits per heavy atom. The van der Waals surface area contributed by atoms with Crippen molar-refractivity contribution >= 4 is 34.2 Å². The number of primary amides is 1. The highest BCUT2D eigenvalue weighted by molar-refractivity contribution is 6.30. The molecular formula is C17H13ClN2O4. The van der Waals surface area contributed by atoms with Crippen LogP contribution in [-0.2, 0) is 0 Å². The Morgan fingerprint density at radius 1 is 1.25 bits per heavy atom. The van der Waals surface area contributed by atoms with Crippen molar-refractivity contribution in [1.29, 1.82) is 0 Å². The van der Waals surface area contributed by atoms with Crippen molar-refractivity contribution in [1.82, 2.24) is 0 Å². The first-order chi connectivity index (χ1) is 11.5. The number of halogens is 1. The van der Waals surface area contributed by atoms with Crippen molar-refractivity contribution < 1.29 is 19.1 Å². The lowest BCUT2D eigenvalue weighted by atomic mass is 10.1. The zero-order valence-electron chi connectivity index (χ0n) is 12.6. The summed E-state index contributed by atoms with van der Waals surface area (Å²) in [6.07, 6.45) is 0. The van der Waals surface area contributed by atoms with E-state index in [1.54, 1.807) is 30.3 Å². The zero-order chi connectivity index (χ0) is 17.3. The molecule has 1 amide bonds. The molecule has 122 valence electrons. The fourth-order valence-electron chi connectivity index (χ4n) is 2.23. The number of methoxy groups -OCH3 is 1. The molecule has 1 aromatic heterocycles. The maximum absolute atomic E-state index is 11.7. The minimum absolute atomic E-state index is 0.00108. The van der Waals surface area contributed by atoms with Gasteiger partial charge in [-0.1, -0.05) is 11.6 Å². The van der Waals surface area contributed by atoms with Gasteiger partial charge < -0.3 is 20.0 Å². The van der Waals surface area contributed by atoms with E-state index in [4.69, 9.17) is 26.5 Å². The van der Waals surface area contributed by atoms with Crippen LogP contribution in [-0.4, -0.2) is 18.1 Å². The number of nitrogens with two attached hydrogens (primary N) is 1. The van der Waals surface area contributed by atoms with Gasteiger partial charge >= 0.3 is 0 Å². The van der Waals surface area contributed by atoms with Gasteiger partial charge in [-0.3, -0.25) is 4.79 Å². The Hall–Kier alpha value is -2.99. The smallest absolute Gasteiger partial charge is 0.254 e. The van der Waals surface area contributed by atoms with Crippen LogP contribution in [0.15, 0.2) is 51.9 Å². The lowest BCUT2D eigenvalue weighted by Crippen LogP contribution is -2.21. The van der Waals surface area contributed by atoms with Crippen LogP contribution in [0.1, 0.15) is 10.4 Å². The highest BCUT2D eigenvalue weighted by Gasteiger charge is 2.11. The highest BCUT2D eigenvalue weighted by atomic mass is 35.5. The van der Waals surface area contributed by atoms with E-state index in [2.05, 4.69) is 4.99 Å². The number of fused-ring (bicyclic) bond motifs is 1. The van der Waals surface area contributed by atoms with Crippen LogP contribution in [0.3, 0.4) is 0 Å². The summed E-state index contributed by atoms with van der Waals surface area (Å²) in [5, 5.41) is 10.7. The Balaban J connectivity index is 2.33. The van der Waals surface area contributed by atoms with Crippen LogP contribution in [0, 0.1) is 0 Å². The Bertz CT molecular complexity index is 1010. The molecule has 6 nitrogen and oxygen atoms in total. The third-order valence-electron chi connectivity index (χ3n) is 3.36. The lowest BCUT2D eigenvalue weighted by Gasteiger charge is -2.06. The molecule has 0 saturated carbocycles. The van der Waals surface area contributed by atoms with Gasteiger partial charge in [0.1, 0.15) is 28.3 Å². The Morgan fingerprint density at radius 2 is 2.04 bits per heavy atom. The fourth-order valence-corrected chi connectivity index (χ4v) is 2.39. The summed E-state index contributed by atoms with van der Waals surface area (Å²) in [5.74, 6) is -0.196. The molecule has 24 heavy (non-hydrogen) atoms. The third kappa shape index (κ3) is 3.04. The summed E-state index contributed by atoms with van der Waals surface area (Å²) < 4.78 is 10.9. The predicted molar refractivity (Wildman–Crippen MR) is 89.6 cm³/mol. The van der Waals surface area contributed by atoms with Gasteiger partial charge in [-0.2, -0.15) is 0 Å². The number of amides is 1. The monoisotopic (exact) mass is 344 g/mol. The molecule has 0 fully saturated rings. The maximum Gasteiger partial charge on any atom is 0.254 e. The number of benzene rings is 2. The second kappa shape index (κ2) is 6.25. The number of phenols is 1. The molecule has 3 rings (SSSR count). The fraction of sp³-hybridized carbons (Fsp3) is 0.0588. The molecule has 0 aliphatic heterocycles. The normalized spacial score (nSPS) is 11.7. The molecule has 3 aromatic rings.